The summed E-state index contributed by atoms with van der Waals surface area (Å²) in [6, 6.07) is 18.9. The first-order valence-electron chi connectivity index (χ1n) is 10.3. The lowest BCUT2D eigenvalue weighted by atomic mass is 10.1. The molecule has 1 heterocycles. The number of hydrogen-bond donors (Lipinski definition) is 2. The Morgan fingerprint density at radius 2 is 1.43 bits per heavy atom. The maximum absolute atomic E-state index is 12.4. The minimum Gasteiger partial charge on any atom is -0.355 e. The second-order valence-corrected chi connectivity index (χ2v) is 7.33. The maximum atomic E-state index is 12.4. The van der Waals surface area contributed by atoms with Crippen LogP contribution in [0.3, 0.4) is 0 Å². The van der Waals surface area contributed by atoms with Gasteiger partial charge in [0.25, 0.3) is 0 Å². The van der Waals surface area contributed by atoms with Crippen LogP contribution in [-0.4, -0.2) is 66.8 Å². The van der Waals surface area contributed by atoms with Crippen molar-refractivity contribution >= 4 is 23.4 Å². The van der Waals surface area contributed by atoms with E-state index in [1.165, 1.54) is 0 Å². The molecule has 7 nitrogen and oxygen atoms in total. The first-order chi connectivity index (χ1) is 14.6. The second-order valence-electron chi connectivity index (χ2n) is 7.33. The molecule has 1 aliphatic heterocycles. The van der Waals surface area contributed by atoms with Crippen LogP contribution in [0.15, 0.2) is 60.7 Å². The first kappa shape index (κ1) is 21.5. The number of nitrogens with one attached hydrogen (secondary N) is 2. The Balaban J connectivity index is 1.31. The van der Waals surface area contributed by atoms with Gasteiger partial charge in [0.05, 0.1) is 13.0 Å². The van der Waals surface area contributed by atoms with Gasteiger partial charge < -0.3 is 15.5 Å². The van der Waals surface area contributed by atoms with Gasteiger partial charge in [-0.2, -0.15) is 0 Å². The Hall–Kier alpha value is -3.19. The lowest BCUT2D eigenvalue weighted by Crippen LogP contribution is -2.50. The SMILES string of the molecule is O=C(Cc1ccccc1)NCCC(=O)N1CCN(CC(=O)Nc2ccccc2)CC1. The number of carbonyl (C=O) groups is 3. The number of rotatable bonds is 8. The van der Waals surface area contributed by atoms with Crippen LogP contribution in [0.1, 0.15) is 12.0 Å². The molecule has 2 aromatic carbocycles. The van der Waals surface area contributed by atoms with Gasteiger partial charge >= 0.3 is 0 Å². The quantitative estimate of drug-likeness (QED) is 0.694. The highest BCUT2D eigenvalue weighted by atomic mass is 16.2. The van der Waals surface area contributed by atoms with E-state index in [2.05, 4.69) is 10.6 Å². The minimum atomic E-state index is -0.0803. The Morgan fingerprint density at radius 3 is 2.10 bits per heavy atom. The summed E-state index contributed by atoms with van der Waals surface area (Å²) in [5.74, 6) is -0.103. The van der Waals surface area contributed by atoms with Crippen molar-refractivity contribution in [2.45, 2.75) is 12.8 Å². The molecule has 30 heavy (non-hydrogen) atoms. The van der Waals surface area contributed by atoms with E-state index in [9.17, 15) is 14.4 Å². The van der Waals surface area contributed by atoms with Crippen molar-refractivity contribution in [1.82, 2.24) is 15.1 Å². The molecule has 1 aliphatic rings. The molecule has 3 rings (SSSR count). The third-order valence-corrected chi connectivity index (χ3v) is 5.02. The van der Waals surface area contributed by atoms with Gasteiger partial charge in [0.15, 0.2) is 0 Å². The summed E-state index contributed by atoms with van der Waals surface area (Å²) in [6.45, 7) is 3.16. The zero-order valence-corrected chi connectivity index (χ0v) is 17.0. The molecule has 0 bridgehead atoms. The standard InChI is InChI=1S/C23H28N4O3/c28-21(17-19-7-3-1-4-8-19)24-12-11-23(30)27-15-13-26(14-16-27)18-22(29)25-20-9-5-2-6-10-20/h1-10H,11-18H2,(H,24,28)(H,25,29). The summed E-state index contributed by atoms with van der Waals surface area (Å²) in [6.07, 6.45) is 0.605. The number of amides is 3. The summed E-state index contributed by atoms with van der Waals surface area (Å²) in [5, 5.41) is 5.69. The van der Waals surface area contributed by atoms with Gasteiger partial charge in [-0.1, -0.05) is 48.5 Å². The normalized spacial score (nSPS) is 14.2. The fraction of sp³-hybridized carbons (Fsp3) is 0.348. The maximum Gasteiger partial charge on any atom is 0.238 e. The van der Waals surface area contributed by atoms with Crippen LogP contribution < -0.4 is 10.6 Å². The molecule has 158 valence electrons. The zero-order chi connectivity index (χ0) is 21.2. The molecule has 1 saturated heterocycles. The van der Waals surface area contributed by atoms with Crippen molar-refractivity contribution in [2.75, 3.05) is 44.6 Å². The Bertz CT molecular complexity index is 834. The van der Waals surface area contributed by atoms with Crippen molar-refractivity contribution in [3.05, 3.63) is 66.2 Å². The number of para-hydroxylation sites is 1. The van der Waals surface area contributed by atoms with E-state index in [0.29, 0.717) is 45.7 Å². The molecule has 0 saturated carbocycles. The number of anilines is 1. The Kier molecular flexibility index (Phi) is 7.97. The highest BCUT2D eigenvalue weighted by Gasteiger charge is 2.22. The van der Waals surface area contributed by atoms with E-state index in [1.54, 1.807) is 4.90 Å². The van der Waals surface area contributed by atoms with Crippen molar-refractivity contribution in [3.8, 4) is 0 Å². The van der Waals surface area contributed by atoms with Crippen LogP contribution in [-0.2, 0) is 20.8 Å². The molecule has 1 fully saturated rings. The number of nitrogens with zero attached hydrogens (tertiary/aromatic N) is 2. The predicted octanol–water partition coefficient (Wildman–Crippen LogP) is 1.52. The lowest BCUT2D eigenvalue weighted by Gasteiger charge is -2.34. The van der Waals surface area contributed by atoms with Crippen LogP contribution >= 0.6 is 0 Å². The fourth-order valence-electron chi connectivity index (χ4n) is 3.39. The van der Waals surface area contributed by atoms with Gasteiger partial charge in [0.2, 0.25) is 17.7 Å². The number of hydrogen-bond acceptors (Lipinski definition) is 4. The molecule has 0 aliphatic carbocycles. The van der Waals surface area contributed by atoms with E-state index >= 15 is 0 Å². The largest absolute Gasteiger partial charge is 0.355 e. The van der Waals surface area contributed by atoms with E-state index in [1.807, 2.05) is 65.6 Å². The molecule has 0 aromatic heterocycles. The average molecular weight is 409 g/mol. The van der Waals surface area contributed by atoms with Gasteiger partial charge in [-0.15, -0.1) is 0 Å². The number of piperazine rings is 1. The number of benzene rings is 2. The molecular formula is C23H28N4O3. The predicted molar refractivity (Wildman–Crippen MR) is 116 cm³/mol. The molecule has 0 spiro atoms. The lowest BCUT2D eigenvalue weighted by molar-refractivity contribution is -0.133. The van der Waals surface area contributed by atoms with E-state index in [-0.39, 0.29) is 24.1 Å². The molecule has 0 radical (unpaired) electrons. The summed E-state index contributed by atoms with van der Waals surface area (Å²) in [5.41, 5.74) is 1.74. The summed E-state index contributed by atoms with van der Waals surface area (Å²) in [4.78, 5) is 40.4. The van der Waals surface area contributed by atoms with E-state index < -0.39 is 0 Å². The molecule has 0 unspecified atom stereocenters. The molecular weight excluding hydrogens is 380 g/mol. The molecule has 3 amide bonds. The van der Waals surface area contributed by atoms with Crippen LogP contribution in [0.4, 0.5) is 5.69 Å². The zero-order valence-electron chi connectivity index (χ0n) is 17.0. The highest BCUT2D eigenvalue weighted by Crippen LogP contribution is 2.07. The van der Waals surface area contributed by atoms with E-state index in [4.69, 9.17) is 0 Å². The monoisotopic (exact) mass is 408 g/mol. The van der Waals surface area contributed by atoms with Crippen LogP contribution in [0.5, 0.6) is 0 Å². The molecule has 2 N–H and O–H groups in total. The summed E-state index contributed by atoms with van der Waals surface area (Å²) < 4.78 is 0. The van der Waals surface area contributed by atoms with Crippen molar-refractivity contribution in [3.63, 3.8) is 0 Å². The fourth-order valence-corrected chi connectivity index (χ4v) is 3.39. The van der Waals surface area contributed by atoms with Gasteiger partial charge in [-0.25, -0.2) is 0 Å². The smallest absolute Gasteiger partial charge is 0.238 e. The van der Waals surface area contributed by atoms with Gasteiger partial charge in [0, 0.05) is 44.8 Å². The second kappa shape index (κ2) is 11.1. The van der Waals surface area contributed by atoms with Gasteiger partial charge in [-0.3, -0.25) is 19.3 Å². The van der Waals surface area contributed by atoms with Crippen molar-refractivity contribution in [1.29, 1.82) is 0 Å². The molecule has 2 aromatic rings. The summed E-state index contributed by atoms with van der Waals surface area (Å²) >= 11 is 0. The van der Waals surface area contributed by atoms with Gasteiger partial charge in [-0.05, 0) is 17.7 Å². The molecule has 0 atom stereocenters. The van der Waals surface area contributed by atoms with Crippen LogP contribution in [0.25, 0.3) is 0 Å². The molecule has 7 heteroatoms. The third-order valence-electron chi connectivity index (χ3n) is 5.02. The van der Waals surface area contributed by atoms with Crippen molar-refractivity contribution < 1.29 is 14.4 Å². The van der Waals surface area contributed by atoms with Crippen molar-refractivity contribution in [2.24, 2.45) is 0 Å². The highest BCUT2D eigenvalue weighted by molar-refractivity contribution is 5.92. The van der Waals surface area contributed by atoms with Gasteiger partial charge in [0.1, 0.15) is 0 Å². The number of carbonyl (C=O) groups excluding carboxylic acids is 3. The summed E-state index contributed by atoms with van der Waals surface area (Å²) in [7, 11) is 0. The minimum absolute atomic E-state index is 0.0309. The first-order valence-corrected chi connectivity index (χ1v) is 10.3. The van der Waals surface area contributed by atoms with Crippen LogP contribution in [0.2, 0.25) is 0 Å². The van der Waals surface area contributed by atoms with Crippen LogP contribution in [0, 0.1) is 0 Å². The Morgan fingerprint density at radius 1 is 0.800 bits per heavy atom. The topological polar surface area (TPSA) is 81.8 Å². The Labute approximate surface area is 177 Å². The average Bonchev–Trinajstić information content (AvgIpc) is 2.75. The third kappa shape index (κ3) is 7.00. The van der Waals surface area contributed by atoms with E-state index in [0.717, 1.165) is 11.3 Å².